The van der Waals surface area contributed by atoms with Crippen molar-refractivity contribution in [1.29, 1.82) is 0 Å². The first kappa shape index (κ1) is 33.3. The van der Waals surface area contributed by atoms with Crippen LogP contribution in [0.25, 0.3) is 0 Å². The molecule has 36 heavy (non-hydrogen) atoms. The molecule has 1 atom stereocenters. The molecule has 0 unspecified atom stereocenters. The van der Waals surface area contributed by atoms with Gasteiger partial charge in [0.05, 0.1) is 0 Å². The van der Waals surface area contributed by atoms with Crippen LogP contribution >= 0.6 is 47.0 Å². The largest absolute Gasteiger partial charge is 0.339 e. The van der Waals surface area contributed by atoms with E-state index >= 15 is 0 Å². The van der Waals surface area contributed by atoms with Crippen molar-refractivity contribution in [1.82, 2.24) is 10.6 Å². The number of carbonyl (C=O) groups excluding carboxylic acids is 1. The predicted molar refractivity (Wildman–Crippen MR) is 162 cm³/mol. The standard InChI is InChI=1S/C28H46Cl3N3OS/c1-3-4-5-6-7-8-9-10-11-12-13-14-15-16-17-18-25(35)33-26(28(29,30)31)34-27(36)32-24-21-19-23(2)20-22-24/h19-22,26H,3-18H2,1-2H3,(H,33,35)(H2,32,34,36)/t26-/m0/s1. The van der Waals surface area contributed by atoms with Crippen LogP contribution in [0.4, 0.5) is 5.69 Å². The van der Waals surface area contributed by atoms with E-state index in [0.717, 1.165) is 30.5 Å². The summed E-state index contributed by atoms with van der Waals surface area (Å²) in [5.41, 5.74) is 1.95. The fraction of sp³-hybridized carbons (Fsp3) is 0.714. The van der Waals surface area contributed by atoms with Gasteiger partial charge in [-0.2, -0.15) is 0 Å². The van der Waals surface area contributed by atoms with Crippen molar-refractivity contribution < 1.29 is 4.79 Å². The molecule has 0 saturated heterocycles. The van der Waals surface area contributed by atoms with Gasteiger partial charge in [-0.25, -0.2) is 0 Å². The second kappa shape index (κ2) is 20.2. The highest BCUT2D eigenvalue weighted by atomic mass is 35.6. The number of rotatable bonds is 19. The van der Waals surface area contributed by atoms with Crippen molar-refractivity contribution in [2.45, 2.75) is 127 Å². The Hall–Kier alpha value is -0.750. The van der Waals surface area contributed by atoms with Gasteiger partial charge in [0.15, 0.2) is 5.11 Å². The van der Waals surface area contributed by atoms with E-state index in [9.17, 15) is 4.79 Å². The Morgan fingerprint density at radius 1 is 0.778 bits per heavy atom. The lowest BCUT2D eigenvalue weighted by molar-refractivity contribution is -0.122. The Morgan fingerprint density at radius 2 is 1.22 bits per heavy atom. The maximum Gasteiger partial charge on any atom is 0.228 e. The molecule has 0 aliphatic carbocycles. The van der Waals surface area contributed by atoms with E-state index in [4.69, 9.17) is 47.0 Å². The highest BCUT2D eigenvalue weighted by Gasteiger charge is 2.34. The lowest BCUT2D eigenvalue weighted by Crippen LogP contribution is -2.56. The number of nitrogens with one attached hydrogen (secondary N) is 3. The summed E-state index contributed by atoms with van der Waals surface area (Å²) < 4.78 is -1.75. The Kier molecular flexibility index (Phi) is 18.7. The van der Waals surface area contributed by atoms with Crippen LogP contribution in [0.1, 0.15) is 115 Å². The Bertz CT molecular complexity index is 726. The lowest BCUT2D eigenvalue weighted by Gasteiger charge is -2.27. The van der Waals surface area contributed by atoms with Crippen molar-refractivity contribution >= 4 is 63.7 Å². The summed E-state index contributed by atoms with van der Waals surface area (Å²) in [6, 6.07) is 7.75. The first-order valence-corrected chi connectivity index (χ1v) is 15.3. The number of amides is 1. The van der Waals surface area contributed by atoms with Crippen LogP contribution in [0.5, 0.6) is 0 Å². The van der Waals surface area contributed by atoms with Gasteiger partial charge in [-0.15, -0.1) is 0 Å². The molecule has 0 aromatic heterocycles. The number of hydrogen-bond donors (Lipinski definition) is 3. The normalized spacial score (nSPS) is 12.2. The number of aryl methyl sites for hydroxylation is 1. The second-order valence-corrected chi connectivity index (χ2v) is 12.5. The van der Waals surface area contributed by atoms with Crippen LogP contribution in [0.15, 0.2) is 24.3 Å². The number of hydrogen-bond acceptors (Lipinski definition) is 2. The van der Waals surface area contributed by atoms with E-state index in [-0.39, 0.29) is 11.0 Å². The van der Waals surface area contributed by atoms with Gasteiger partial charge in [0.25, 0.3) is 0 Å². The minimum atomic E-state index is -1.75. The van der Waals surface area contributed by atoms with Crippen LogP contribution in [0, 0.1) is 6.92 Å². The third-order valence-corrected chi connectivity index (χ3v) is 7.10. The fourth-order valence-corrected chi connectivity index (χ4v) is 4.59. The third kappa shape index (κ3) is 17.7. The molecule has 0 fully saturated rings. The molecule has 1 amide bonds. The van der Waals surface area contributed by atoms with Gasteiger partial charge in [-0.1, -0.05) is 149 Å². The highest BCUT2D eigenvalue weighted by molar-refractivity contribution is 7.80. The molecule has 0 bridgehead atoms. The SMILES string of the molecule is CCCCCCCCCCCCCCCCCC(=O)N[C@@H](NC(=S)Nc1ccc(C)cc1)C(Cl)(Cl)Cl. The van der Waals surface area contributed by atoms with Crippen LogP contribution < -0.4 is 16.0 Å². The fourth-order valence-electron chi connectivity index (χ4n) is 4.02. The van der Waals surface area contributed by atoms with E-state index in [1.54, 1.807) is 0 Å². The summed E-state index contributed by atoms with van der Waals surface area (Å²) in [6.45, 7) is 4.27. The third-order valence-electron chi connectivity index (χ3n) is 6.22. The quantitative estimate of drug-likeness (QED) is 0.0662. The molecule has 1 aromatic carbocycles. The molecular weight excluding hydrogens is 533 g/mol. The van der Waals surface area contributed by atoms with Gasteiger partial charge < -0.3 is 16.0 Å². The number of benzene rings is 1. The monoisotopic (exact) mass is 577 g/mol. The molecule has 0 saturated carbocycles. The molecule has 4 nitrogen and oxygen atoms in total. The van der Waals surface area contributed by atoms with Gasteiger partial charge in [-0.05, 0) is 37.7 Å². The molecule has 3 N–H and O–H groups in total. The van der Waals surface area contributed by atoms with Crippen molar-refractivity contribution in [3.05, 3.63) is 29.8 Å². The van der Waals surface area contributed by atoms with Gasteiger partial charge in [0, 0.05) is 12.1 Å². The number of carbonyl (C=O) groups is 1. The average molecular weight is 579 g/mol. The molecule has 0 aliphatic heterocycles. The summed E-state index contributed by atoms with van der Waals surface area (Å²) in [4.78, 5) is 12.4. The first-order chi connectivity index (χ1) is 17.2. The lowest BCUT2D eigenvalue weighted by atomic mass is 10.0. The van der Waals surface area contributed by atoms with Crippen LogP contribution in [-0.2, 0) is 4.79 Å². The number of alkyl halides is 3. The van der Waals surface area contributed by atoms with Gasteiger partial charge >= 0.3 is 0 Å². The Balaban J connectivity index is 2.11. The molecule has 0 aliphatic rings. The van der Waals surface area contributed by atoms with E-state index in [1.165, 1.54) is 77.0 Å². The zero-order valence-corrected chi connectivity index (χ0v) is 25.2. The van der Waals surface area contributed by atoms with Crippen molar-refractivity contribution in [2.24, 2.45) is 0 Å². The second-order valence-electron chi connectivity index (χ2n) is 9.71. The van der Waals surface area contributed by atoms with Gasteiger partial charge in [0.2, 0.25) is 9.70 Å². The van der Waals surface area contributed by atoms with Crippen LogP contribution in [-0.4, -0.2) is 21.0 Å². The van der Waals surface area contributed by atoms with E-state index in [0.29, 0.717) is 6.42 Å². The molecule has 0 heterocycles. The molecule has 0 radical (unpaired) electrons. The predicted octanol–water partition coefficient (Wildman–Crippen LogP) is 9.36. The topological polar surface area (TPSA) is 53.2 Å². The summed E-state index contributed by atoms with van der Waals surface area (Å²) in [5.74, 6) is -0.161. The molecule has 1 rings (SSSR count). The summed E-state index contributed by atoms with van der Waals surface area (Å²) in [6.07, 6.45) is 18.8. The Labute approximate surface area is 240 Å². The van der Waals surface area contributed by atoms with Crippen LogP contribution in [0.2, 0.25) is 0 Å². The molecule has 1 aromatic rings. The van der Waals surface area contributed by atoms with Gasteiger partial charge in [-0.3, -0.25) is 4.79 Å². The summed E-state index contributed by atoms with van der Waals surface area (Å²) in [5, 5.41) is 8.96. The number of thiocarbonyl (C=S) groups is 1. The van der Waals surface area contributed by atoms with Crippen molar-refractivity contribution in [2.75, 3.05) is 5.32 Å². The van der Waals surface area contributed by atoms with E-state index < -0.39 is 9.96 Å². The highest BCUT2D eigenvalue weighted by Crippen LogP contribution is 2.29. The molecule has 8 heteroatoms. The number of anilines is 1. The zero-order chi connectivity index (χ0) is 26.7. The van der Waals surface area contributed by atoms with E-state index in [1.807, 2.05) is 31.2 Å². The summed E-state index contributed by atoms with van der Waals surface area (Å²) in [7, 11) is 0. The van der Waals surface area contributed by atoms with Gasteiger partial charge in [0.1, 0.15) is 6.17 Å². The first-order valence-electron chi connectivity index (χ1n) is 13.7. The van der Waals surface area contributed by atoms with E-state index in [2.05, 4.69) is 22.9 Å². The van der Waals surface area contributed by atoms with Crippen molar-refractivity contribution in [3.8, 4) is 0 Å². The minimum Gasteiger partial charge on any atom is -0.339 e. The maximum atomic E-state index is 12.4. The maximum absolute atomic E-state index is 12.4. The number of unbranched alkanes of at least 4 members (excludes halogenated alkanes) is 14. The Morgan fingerprint density at radius 3 is 1.67 bits per heavy atom. The minimum absolute atomic E-state index is 0.161. The smallest absolute Gasteiger partial charge is 0.228 e. The zero-order valence-electron chi connectivity index (χ0n) is 22.2. The van der Waals surface area contributed by atoms with Crippen LogP contribution in [0.3, 0.4) is 0 Å². The average Bonchev–Trinajstić information content (AvgIpc) is 2.82. The molecule has 0 spiro atoms. The molecule has 206 valence electrons. The molecular formula is C28H46Cl3N3OS. The van der Waals surface area contributed by atoms with Crippen molar-refractivity contribution in [3.63, 3.8) is 0 Å². The summed E-state index contributed by atoms with van der Waals surface area (Å²) >= 11 is 23.5. The number of halogens is 3.